The molecule has 0 aliphatic rings. The van der Waals surface area contributed by atoms with Crippen LogP contribution in [0.25, 0.3) is 0 Å². The topological polar surface area (TPSA) is 122 Å². The minimum absolute atomic E-state index is 0.164. The summed E-state index contributed by atoms with van der Waals surface area (Å²) in [6, 6.07) is 0. The quantitative estimate of drug-likeness (QED) is 0.0216. The van der Waals surface area contributed by atoms with Crippen molar-refractivity contribution in [2.75, 3.05) is 40.9 Å². The number of quaternary nitrogens is 1. The van der Waals surface area contributed by atoms with E-state index in [4.69, 9.17) is 13.8 Å². The smallest absolute Gasteiger partial charge is 0.306 e. The second-order valence-electron chi connectivity index (χ2n) is 15.9. The van der Waals surface area contributed by atoms with Gasteiger partial charge in [0.25, 0.3) is 7.82 Å². The Morgan fingerprint density at radius 3 is 1.48 bits per heavy atom. The van der Waals surface area contributed by atoms with Gasteiger partial charge in [-0.2, -0.15) is 0 Å². The van der Waals surface area contributed by atoms with Crippen LogP contribution in [0.2, 0.25) is 0 Å². The van der Waals surface area contributed by atoms with E-state index in [0.717, 1.165) is 51.4 Å². The number of allylic oxidation sites excluding steroid dienone is 2. The average molecular weight is 760 g/mol. The van der Waals surface area contributed by atoms with Crippen molar-refractivity contribution < 1.29 is 42.4 Å². The number of aliphatic hydroxyl groups is 1. The molecule has 0 spiro atoms. The van der Waals surface area contributed by atoms with Crippen LogP contribution in [0, 0.1) is 0 Å². The number of esters is 1. The number of likely N-dealkylation sites (N-methyl/N-ethyl adjacent to an activating group) is 1. The Morgan fingerprint density at radius 1 is 0.654 bits per heavy atom. The van der Waals surface area contributed by atoms with Crippen LogP contribution in [0.15, 0.2) is 12.2 Å². The standard InChI is InChI=1S/C42H82NO8P/c1-6-8-10-12-14-16-18-20-21-23-24-26-28-30-32-34-40(45)41(36-43(3,4)5)51-52(47,48)49-38-39(37-44)50-42(46)35-33-31-29-27-25-22-19-17-15-13-11-9-7-2/h20-21,39,41,44H,6-19,22-38H2,1-5H3/b21-20-/t39-,41?/m1/s1. The summed E-state index contributed by atoms with van der Waals surface area (Å²) in [5.41, 5.74) is 0. The molecule has 1 N–H and O–H groups in total. The van der Waals surface area contributed by atoms with Crippen molar-refractivity contribution >= 4 is 19.6 Å². The Balaban J connectivity index is 4.31. The molecule has 3 atom stereocenters. The summed E-state index contributed by atoms with van der Waals surface area (Å²) in [6.07, 6.45) is 33.4. The molecule has 0 heterocycles. The van der Waals surface area contributed by atoms with Crippen LogP contribution in [0.3, 0.4) is 0 Å². The van der Waals surface area contributed by atoms with Crippen LogP contribution in [0.5, 0.6) is 0 Å². The number of hydrogen-bond acceptors (Lipinski definition) is 8. The van der Waals surface area contributed by atoms with E-state index in [9.17, 15) is 24.2 Å². The lowest BCUT2D eigenvalue weighted by atomic mass is 10.0. The molecule has 0 aliphatic carbocycles. The number of ether oxygens (including phenoxy) is 1. The second-order valence-corrected chi connectivity index (χ2v) is 17.3. The first kappa shape index (κ1) is 50.9. The minimum Gasteiger partial charge on any atom is -0.756 e. The fourth-order valence-corrected chi connectivity index (χ4v) is 7.14. The van der Waals surface area contributed by atoms with E-state index in [1.54, 1.807) is 0 Å². The third-order valence-electron chi connectivity index (χ3n) is 9.42. The number of Topliss-reactive ketones (excluding diaryl/α,β-unsaturated/α-hetero) is 1. The first-order chi connectivity index (χ1) is 24.9. The van der Waals surface area contributed by atoms with Gasteiger partial charge in [0.2, 0.25) is 0 Å². The number of rotatable bonds is 39. The molecule has 2 unspecified atom stereocenters. The van der Waals surface area contributed by atoms with Crippen LogP contribution >= 0.6 is 7.82 Å². The van der Waals surface area contributed by atoms with E-state index in [1.807, 2.05) is 21.1 Å². The first-order valence-corrected chi connectivity index (χ1v) is 22.8. The third kappa shape index (κ3) is 34.7. The predicted octanol–water partition coefficient (Wildman–Crippen LogP) is 10.6. The van der Waals surface area contributed by atoms with Gasteiger partial charge >= 0.3 is 5.97 Å². The predicted molar refractivity (Wildman–Crippen MR) is 213 cm³/mol. The number of ketones is 1. The van der Waals surface area contributed by atoms with Crippen LogP contribution in [0.1, 0.15) is 194 Å². The van der Waals surface area contributed by atoms with Crippen molar-refractivity contribution in [3.05, 3.63) is 12.2 Å². The van der Waals surface area contributed by atoms with Crippen molar-refractivity contribution in [2.45, 2.75) is 206 Å². The van der Waals surface area contributed by atoms with Gasteiger partial charge in [0.15, 0.2) is 11.9 Å². The summed E-state index contributed by atoms with van der Waals surface area (Å²) < 4.78 is 28.7. The summed E-state index contributed by atoms with van der Waals surface area (Å²) in [5.74, 6) is -0.765. The van der Waals surface area contributed by atoms with Gasteiger partial charge in [-0.1, -0.05) is 154 Å². The lowest BCUT2D eigenvalue weighted by molar-refractivity contribution is -0.872. The summed E-state index contributed by atoms with van der Waals surface area (Å²) in [6.45, 7) is 3.50. The Hall–Kier alpha value is -1.09. The number of phosphoric acid groups is 1. The number of unbranched alkanes of at least 4 members (excludes halogenated alkanes) is 23. The van der Waals surface area contributed by atoms with E-state index in [0.29, 0.717) is 17.3 Å². The van der Waals surface area contributed by atoms with Gasteiger partial charge in [-0.3, -0.25) is 14.2 Å². The first-order valence-electron chi connectivity index (χ1n) is 21.4. The van der Waals surface area contributed by atoms with E-state index in [1.165, 1.54) is 103 Å². The zero-order chi connectivity index (χ0) is 38.8. The van der Waals surface area contributed by atoms with Crippen LogP contribution in [-0.4, -0.2) is 74.5 Å². The zero-order valence-electron chi connectivity index (χ0n) is 34.4. The molecule has 0 fully saturated rings. The molecule has 52 heavy (non-hydrogen) atoms. The lowest BCUT2D eigenvalue weighted by Crippen LogP contribution is -2.45. The maximum atomic E-state index is 13.1. The molecule has 0 amide bonds. The molecule has 10 heteroatoms. The molecule has 0 aromatic heterocycles. The molecule has 0 saturated heterocycles. The maximum absolute atomic E-state index is 13.1. The Morgan fingerprint density at radius 2 is 1.06 bits per heavy atom. The van der Waals surface area contributed by atoms with E-state index in [2.05, 4.69) is 26.0 Å². The van der Waals surface area contributed by atoms with E-state index < -0.39 is 39.2 Å². The van der Waals surface area contributed by atoms with Crippen LogP contribution in [0.4, 0.5) is 0 Å². The molecule has 0 aliphatic heterocycles. The molecular weight excluding hydrogens is 677 g/mol. The molecule has 0 rings (SSSR count). The SMILES string of the molecule is CCCCCCCC/C=C\CCCCCCCC(=O)C(C[N+](C)(C)C)OP(=O)([O-])OC[C@@H](CO)OC(=O)CCCCCCCCCCCCCCC. The molecule has 0 aromatic rings. The maximum Gasteiger partial charge on any atom is 0.306 e. The largest absolute Gasteiger partial charge is 0.756 e. The Kier molecular flexibility index (Phi) is 33.7. The molecule has 0 radical (unpaired) electrons. The fourth-order valence-electron chi connectivity index (χ4n) is 6.24. The van der Waals surface area contributed by atoms with E-state index in [-0.39, 0.29) is 25.2 Å². The van der Waals surface area contributed by atoms with Gasteiger partial charge in [0, 0.05) is 12.8 Å². The summed E-state index contributed by atoms with van der Waals surface area (Å²) >= 11 is 0. The number of phosphoric ester groups is 1. The summed E-state index contributed by atoms with van der Waals surface area (Å²) in [7, 11) is 0.671. The highest BCUT2D eigenvalue weighted by Crippen LogP contribution is 2.41. The normalized spacial score (nSPS) is 14.4. The minimum atomic E-state index is -4.91. The molecule has 0 bridgehead atoms. The van der Waals surface area contributed by atoms with Crippen molar-refractivity contribution in [3.63, 3.8) is 0 Å². The van der Waals surface area contributed by atoms with Crippen molar-refractivity contribution in [1.29, 1.82) is 0 Å². The van der Waals surface area contributed by atoms with Gasteiger partial charge < -0.3 is 28.3 Å². The zero-order valence-corrected chi connectivity index (χ0v) is 35.3. The number of nitrogens with zero attached hydrogens (tertiary/aromatic N) is 1. The number of carbonyl (C=O) groups excluding carboxylic acids is 2. The number of hydrogen-bond donors (Lipinski definition) is 1. The molecular formula is C42H82NO8P. The average Bonchev–Trinajstić information content (AvgIpc) is 3.09. The monoisotopic (exact) mass is 760 g/mol. The second kappa shape index (κ2) is 34.4. The van der Waals surface area contributed by atoms with Crippen molar-refractivity contribution in [1.82, 2.24) is 0 Å². The third-order valence-corrected chi connectivity index (χ3v) is 10.4. The van der Waals surface area contributed by atoms with Gasteiger partial charge in [0.05, 0.1) is 34.4 Å². The van der Waals surface area contributed by atoms with Crippen LogP contribution in [-0.2, 0) is 27.9 Å². The van der Waals surface area contributed by atoms with Crippen molar-refractivity contribution in [2.24, 2.45) is 0 Å². The van der Waals surface area contributed by atoms with Gasteiger partial charge in [0.1, 0.15) is 12.6 Å². The molecule has 0 saturated carbocycles. The lowest BCUT2D eigenvalue weighted by Gasteiger charge is -2.32. The van der Waals surface area contributed by atoms with Gasteiger partial charge in [-0.25, -0.2) is 0 Å². The molecule has 308 valence electrons. The van der Waals surface area contributed by atoms with Crippen molar-refractivity contribution in [3.8, 4) is 0 Å². The number of aliphatic hydroxyl groups excluding tert-OH is 1. The van der Waals surface area contributed by atoms with Gasteiger partial charge in [-0.15, -0.1) is 0 Å². The highest BCUT2D eigenvalue weighted by molar-refractivity contribution is 7.45. The fraction of sp³-hybridized carbons (Fsp3) is 0.905. The highest BCUT2D eigenvalue weighted by Gasteiger charge is 2.30. The summed E-state index contributed by atoms with van der Waals surface area (Å²) in [4.78, 5) is 38.2. The molecule has 9 nitrogen and oxygen atoms in total. The van der Waals surface area contributed by atoms with Gasteiger partial charge in [-0.05, 0) is 38.5 Å². The Labute approximate surface area is 320 Å². The van der Waals surface area contributed by atoms with Crippen LogP contribution < -0.4 is 4.89 Å². The molecule has 0 aromatic carbocycles. The number of carbonyl (C=O) groups is 2. The van der Waals surface area contributed by atoms with E-state index >= 15 is 0 Å². The summed E-state index contributed by atoms with van der Waals surface area (Å²) in [5, 5.41) is 9.69. The highest BCUT2D eigenvalue weighted by atomic mass is 31.2. The Bertz CT molecular complexity index is 922.